The second-order valence-electron chi connectivity index (χ2n) is 8.53. The van der Waals surface area contributed by atoms with E-state index in [0.717, 1.165) is 56.6 Å². The van der Waals surface area contributed by atoms with Crippen molar-refractivity contribution in [2.45, 2.75) is 50.5 Å². The highest BCUT2D eigenvalue weighted by Crippen LogP contribution is 2.33. The quantitative estimate of drug-likeness (QED) is 0.447. The zero-order chi connectivity index (χ0) is 22.3. The van der Waals surface area contributed by atoms with Gasteiger partial charge in [0.15, 0.2) is 0 Å². The summed E-state index contributed by atoms with van der Waals surface area (Å²) in [5.41, 5.74) is 8.85. The number of benzene rings is 2. The van der Waals surface area contributed by atoms with Crippen molar-refractivity contribution in [2.24, 2.45) is 11.7 Å². The number of ether oxygens (including phenoxy) is 1. The molecule has 0 saturated carbocycles. The molecule has 1 heterocycles. The standard InChI is InChI=1S/C25H33BN2O3/c1-31-22-9-6-8-19(17-22)23-10-3-2-7-20(23)18-28-15-11-21(12-16-28)25(27,24(29)30)13-4-5-14-26/h2-3,6-10,17,21H,4-5,11-16,18,27H2,1H3,(H,29,30). The lowest BCUT2D eigenvalue weighted by atomic mass is 9.75. The van der Waals surface area contributed by atoms with Gasteiger partial charge >= 0.3 is 5.97 Å². The topological polar surface area (TPSA) is 75.8 Å². The third-order valence-corrected chi connectivity index (χ3v) is 6.55. The molecule has 0 aliphatic carbocycles. The first-order valence-corrected chi connectivity index (χ1v) is 11.1. The Labute approximate surface area is 187 Å². The van der Waals surface area contributed by atoms with Gasteiger partial charge < -0.3 is 15.6 Å². The van der Waals surface area contributed by atoms with Crippen LogP contribution in [0, 0.1) is 5.92 Å². The molecule has 0 bridgehead atoms. The molecule has 0 spiro atoms. The summed E-state index contributed by atoms with van der Waals surface area (Å²) >= 11 is 0. The highest BCUT2D eigenvalue weighted by molar-refractivity contribution is 6.08. The number of hydrogen-bond acceptors (Lipinski definition) is 4. The highest BCUT2D eigenvalue weighted by Gasteiger charge is 2.42. The molecule has 1 aliphatic heterocycles. The van der Waals surface area contributed by atoms with Gasteiger partial charge in [0.2, 0.25) is 0 Å². The Bertz CT molecular complexity index is 867. The number of nitrogens with zero attached hydrogens (tertiary/aromatic N) is 1. The van der Waals surface area contributed by atoms with Gasteiger partial charge in [-0.15, -0.1) is 0 Å². The van der Waals surface area contributed by atoms with Crippen LogP contribution in [0.2, 0.25) is 6.32 Å². The highest BCUT2D eigenvalue weighted by atomic mass is 16.5. The van der Waals surface area contributed by atoms with Gasteiger partial charge in [-0.3, -0.25) is 9.69 Å². The summed E-state index contributed by atoms with van der Waals surface area (Å²) in [7, 11) is 7.25. The molecule has 2 aromatic carbocycles. The molecule has 1 aliphatic rings. The van der Waals surface area contributed by atoms with Crippen molar-refractivity contribution >= 4 is 13.8 Å². The molecular formula is C25H33BN2O3. The second kappa shape index (κ2) is 10.8. The SMILES string of the molecule is [B]CCCCC(N)(C(=O)O)C1CCN(Cc2ccccc2-c2cccc(OC)c2)CC1. The van der Waals surface area contributed by atoms with Crippen LogP contribution in [0.15, 0.2) is 48.5 Å². The summed E-state index contributed by atoms with van der Waals surface area (Å²) in [6, 6.07) is 16.5. The van der Waals surface area contributed by atoms with E-state index < -0.39 is 11.5 Å². The van der Waals surface area contributed by atoms with E-state index in [0.29, 0.717) is 12.7 Å². The molecule has 2 aromatic rings. The lowest BCUT2D eigenvalue weighted by Crippen LogP contribution is -2.56. The normalized spacial score (nSPS) is 17.2. The van der Waals surface area contributed by atoms with E-state index in [4.69, 9.17) is 18.3 Å². The van der Waals surface area contributed by atoms with E-state index >= 15 is 0 Å². The van der Waals surface area contributed by atoms with E-state index in [1.165, 1.54) is 11.1 Å². The predicted molar refractivity (Wildman–Crippen MR) is 125 cm³/mol. The Balaban J connectivity index is 1.67. The molecule has 31 heavy (non-hydrogen) atoms. The summed E-state index contributed by atoms with van der Waals surface area (Å²) in [6.45, 7) is 2.53. The summed E-state index contributed by atoms with van der Waals surface area (Å²) < 4.78 is 5.39. The molecule has 164 valence electrons. The fourth-order valence-electron chi connectivity index (χ4n) is 4.63. The van der Waals surface area contributed by atoms with Gasteiger partial charge in [0, 0.05) is 6.54 Å². The van der Waals surface area contributed by atoms with Crippen molar-refractivity contribution in [3.8, 4) is 16.9 Å². The number of methoxy groups -OCH3 is 1. The minimum absolute atomic E-state index is 0.00680. The van der Waals surface area contributed by atoms with Crippen molar-refractivity contribution in [3.05, 3.63) is 54.1 Å². The number of piperidine rings is 1. The van der Waals surface area contributed by atoms with Crippen LogP contribution in [0.3, 0.4) is 0 Å². The molecule has 2 radical (unpaired) electrons. The van der Waals surface area contributed by atoms with Crippen molar-refractivity contribution in [1.82, 2.24) is 4.90 Å². The maximum absolute atomic E-state index is 12.0. The molecule has 0 aromatic heterocycles. The Hall–Kier alpha value is -2.31. The summed E-state index contributed by atoms with van der Waals surface area (Å²) in [4.78, 5) is 14.4. The molecule has 0 amide bonds. The molecule has 1 unspecified atom stereocenters. The number of aliphatic carboxylic acids is 1. The maximum atomic E-state index is 12.0. The summed E-state index contributed by atoms with van der Waals surface area (Å²) in [5.74, 6) is -0.0466. The van der Waals surface area contributed by atoms with Crippen LogP contribution in [0.25, 0.3) is 11.1 Å². The van der Waals surface area contributed by atoms with Gasteiger partial charge in [0.1, 0.15) is 11.3 Å². The molecule has 1 saturated heterocycles. The first kappa shape index (κ1) is 23.4. The average molecular weight is 420 g/mol. The zero-order valence-corrected chi connectivity index (χ0v) is 18.4. The van der Waals surface area contributed by atoms with Gasteiger partial charge in [-0.2, -0.15) is 0 Å². The van der Waals surface area contributed by atoms with Crippen LogP contribution in [-0.4, -0.2) is 49.6 Å². The van der Waals surface area contributed by atoms with Crippen molar-refractivity contribution < 1.29 is 14.6 Å². The molecule has 3 N–H and O–H groups in total. The van der Waals surface area contributed by atoms with Crippen molar-refractivity contribution in [2.75, 3.05) is 20.2 Å². The Morgan fingerprint density at radius 1 is 1.19 bits per heavy atom. The fraction of sp³-hybridized carbons (Fsp3) is 0.480. The van der Waals surface area contributed by atoms with Crippen LogP contribution in [0.1, 0.15) is 37.7 Å². The monoisotopic (exact) mass is 420 g/mol. The smallest absolute Gasteiger partial charge is 0.323 e. The Morgan fingerprint density at radius 2 is 1.94 bits per heavy atom. The number of carbonyl (C=O) groups is 1. The van der Waals surface area contributed by atoms with E-state index in [-0.39, 0.29) is 5.92 Å². The van der Waals surface area contributed by atoms with Crippen molar-refractivity contribution in [1.29, 1.82) is 0 Å². The van der Waals surface area contributed by atoms with Gasteiger partial charge in [-0.25, -0.2) is 0 Å². The predicted octanol–water partition coefficient (Wildman–Crippen LogP) is 4.11. The number of carboxylic acids is 1. The third kappa shape index (κ3) is 5.69. The number of nitrogens with two attached hydrogens (primary N) is 1. The molecule has 1 fully saturated rings. The first-order valence-electron chi connectivity index (χ1n) is 11.1. The number of hydrogen-bond donors (Lipinski definition) is 2. The van der Waals surface area contributed by atoms with E-state index in [1.54, 1.807) is 7.11 Å². The third-order valence-electron chi connectivity index (χ3n) is 6.55. The Kier molecular flexibility index (Phi) is 8.16. The van der Waals surface area contributed by atoms with Gasteiger partial charge in [0.05, 0.1) is 15.0 Å². The average Bonchev–Trinajstić information content (AvgIpc) is 2.80. The van der Waals surface area contributed by atoms with E-state index in [1.807, 2.05) is 12.1 Å². The van der Waals surface area contributed by atoms with Crippen LogP contribution in [0.5, 0.6) is 5.75 Å². The Morgan fingerprint density at radius 3 is 2.61 bits per heavy atom. The number of unbranched alkanes of at least 4 members (excludes halogenated alkanes) is 1. The summed E-state index contributed by atoms with van der Waals surface area (Å²) in [5, 5.41) is 9.81. The zero-order valence-electron chi connectivity index (χ0n) is 18.4. The minimum atomic E-state index is -1.15. The second-order valence-corrected chi connectivity index (χ2v) is 8.53. The minimum Gasteiger partial charge on any atom is -0.497 e. The van der Waals surface area contributed by atoms with Crippen LogP contribution in [-0.2, 0) is 11.3 Å². The molecule has 3 rings (SSSR count). The van der Waals surface area contributed by atoms with E-state index in [9.17, 15) is 9.90 Å². The van der Waals surface area contributed by atoms with Crippen LogP contribution in [0.4, 0.5) is 0 Å². The van der Waals surface area contributed by atoms with Gasteiger partial charge in [-0.05, 0) is 67.1 Å². The fourth-order valence-corrected chi connectivity index (χ4v) is 4.63. The van der Waals surface area contributed by atoms with Crippen LogP contribution < -0.4 is 10.5 Å². The largest absolute Gasteiger partial charge is 0.497 e. The van der Waals surface area contributed by atoms with Crippen molar-refractivity contribution in [3.63, 3.8) is 0 Å². The van der Waals surface area contributed by atoms with E-state index in [2.05, 4.69) is 41.3 Å². The molecule has 1 atom stereocenters. The maximum Gasteiger partial charge on any atom is 0.323 e. The molecule has 6 heteroatoms. The first-order chi connectivity index (χ1) is 15.0. The lowest BCUT2D eigenvalue weighted by molar-refractivity contribution is -0.147. The summed E-state index contributed by atoms with van der Waals surface area (Å²) in [6.07, 6.45) is 4.22. The number of carboxylic acid groups (broad SMARTS) is 1. The number of rotatable bonds is 10. The van der Waals surface area contributed by atoms with Gasteiger partial charge in [0.25, 0.3) is 0 Å². The molecular weight excluding hydrogens is 387 g/mol. The van der Waals surface area contributed by atoms with Crippen LogP contribution >= 0.6 is 0 Å². The molecule has 5 nitrogen and oxygen atoms in total. The van der Waals surface area contributed by atoms with Gasteiger partial charge in [-0.1, -0.05) is 55.6 Å². The lowest BCUT2D eigenvalue weighted by Gasteiger charge is -2.40. The number of likely N-dealkylation sites (tertiary alicyclic amines) is 1.